The average Bonchev–Trinajstić information content (AvgIpc) is 2.49. The van der Waals surface area contributed by atoms with Crippen molar-refractivity contribution >= 4 is 0 Å². The van der Waals surface area contributed by atoms with Crippen LogP contribution in [-0.4, -0.2) is 18.3 Å². The number of ether oxygens (including phenoxy) is 1. The lowest BCUT2D eigenvalue weighted by Crippen LogP contribution is -2.31. The van der Waals surface area contributed by atoms with Crippen LogP contribution in [0.4, 0.5) is 0 Å². The molecule has 1 aromatic rings. The van der Waals surface area contributed by atoms with E-state index in [2.05, 4.69) is 19.1 Å². The van der Waals surface area contributed by atoms with Gasteiger partial charge in [-0.2, -0.15) is 0 Å². The Kier molecular flexibility index (Phi) is 5.41. The molecule has 1 saturated carbocycles. The number of aryl methyl sites for hydroxylation is 1. The normalized spacial score (nSPS) is 20.2. The molecule has 1 aliphatic carbocycles. The van der Waals surface area contributed by atoms with Gasteiger partial charge in [-0.1, -0.05) is 50.5 Å². The highest BCUT2D eigenvalue weighted by Gasteiger charge is 2.30. The zero-order chi connectivity index (χ0) is 13.7. The largest absolute Gasteiger partial charge is 0.386 e. The molecule has 2 unspecified atom stereocenters. The molecule has 0 aromatic heterocycles. The summed E-state index contributed by atoms with van der Waals surface area (Å²) in [7, 11) is 1.73. The first-order valence-corrected chi connectivity index (χ1v) is 7.56. The number of methoxy groups -OCH3 is 1. The third-order valence-corrected chi connectivity index (χ3v) is 4.43. The molecule has 2 rings (SSSR count). The summed E-state index contributed by atoms with van der Waals surface area (Å²) in [4.78, 5) is 0. The molecule has 0 aliphatic heterocycles. The summed E-state index contributed by atoms with van der Waals surface area (Å²) in [5, 5.41) is 10.6. The van der Waals surface area contributed by atoms with Gasteiger partial charge in [-0.25, -0.2) is 0 Å². The van der Waals surface area contributed by atoms with Crippen LogP contribution in [0, 0.1) is 5.92 Å². The Hall–Kier alpha value is -0.860. The van der Waals surface area contributed by atoms with E-state index in [9.17, 15) is 5.11 Å². The topological polar surface area (TPSA) is 29.5 Å². The summed E-state index contributed by atoms with van der Waals surface area (Å²) < 4.78 is 5.61. The fraction of sp³-hybridized carbons (Fsp3) is 0.647. The Morgan fingerprint density at radius 2 is 1.79 bits per heavy atom. The fourth-order valence-corrected chi connectivity index (χ4v) is 3.18. The average molecular weight is 262 g/mol. The zero-order valence-electron chi connectivity index (χ0n) is 12.1. The molecular weight excluding hydrogens is 236 g/mol. The second-order valence-corrected chi connectivity index (χ2v) is 5.64. The van der Waals surface area contributed by atoms with Gasteiger partial charge in [0.1, 0.15) is 6.10 Å². The van der Waals surface area contributed by atoms with Gasteiger partial charge in [0, 0.05) is 7.11 Å². The van der Waals surface area contributed by atoms with Crippen molar-refractivity contribution in [3.8, 4) is 0 Å². The standard InChI is InChI=1S/C17H26O2/c1-3-13-9-11-14(12-10-13)16(18)17(19-2)15-7-5-4-6-8-15/h9-12,15-18H,3-8H2,1-2H3. The smallest absolute Gasteiger partial charge is 0.105 e. The Morgan fingerprint density at radius 1 is 1.16 bits per heavy atom. The van der Waals surface area contributed by atoms with Gasteiger partial charge in [-0.3, -0.25) is 0 Å². The van der Waals surface area contributed by atoms with E-state index >= 15 is 0 Å². The predicted octanol–water partition coefficient (Wildman–Crippen LogP) is 3.88. The van der Waals surface area contributed by atoms with E-state index in [0.717, 1.165) is 12.0 Å². The van der Waals surface area contributed by atoms with Crippen molar-refractivity contribution in [3.63, 3.8) is 0 Å². The monoisotopic (exact) mass is 262 g/mol. The van der Waals surface area contributed by atoms with Crippen LogP contribution in [0.5, 0.6) is 0 Å². The molecule has 1 aliphatic rings. The van der Waals surface area contributed by atoms with E-state index < -0.39 is 6.10 Å². The van der Waals surface area contributed by atoms with Gasteiger partial charge in [0.25, 0.3) is 0 Å². The van der Waals surface area contributed by atoms with E-state index in [1.807, 2.05) is 12.1 Å². The number of hydrogen-bond donors (Lipinski definition) is 1. The molecule has 0 saturated heterocycles. The molecular formula is C17H26O2. The minimum absolute atomic E-state index is 0.0622. The number of rotatable bonds is 5. The van der Waals surface area contributed by atoms with Gasteiger partial charge in [0.05, 0.1) is 6.10 Å². The van der Waals surface area contributed by atoms with Crippen LogP contribution in [0.25, 0.3) is 0 Å². The van der Waals surface area contributed by atoms with Crippen molar-refractivity contribution in [1.82, 2.24) is 0 Å². The van der Waals surface area contributed by atoms with Crippen molar-refractivity contribution < 1.29 is 9.84 Å². The summed E-state index contributed by atoms with van der Waals surface area (Å²) in [5.74, 6) is 0.500. The maximum atomic E-state index is 10.6. The second kappa shape index (κ2) is 7.06. The van der Waals surface area contributed by atoms with Crippen LogP contribution < -0.4 is 0 Å². The van der Waals surface area contributed by atoms with E-state index in [1.165, 1.54) is 37.7 Å². The molecule has 1 aromatic carbocycles. The molecule has 19 heavy (non-hydrogen) atoms. The highest BCUT2D eigenvalue weighted by molar-refractivity contribution is 5.25. The van der Waals surface area contributed by atoms with Crippen molar-refractivity contribution in [2.75, 3.05) is 7.11 Å². The van der Waals surface area contributed by atoms with Crippen molar-refractivity contribution in [2.45, 2.75) is 57.7 Å². The first kappa shape index (κ1) is 14.5. The maximum Gasteiger partial charge on any atom is 0.105 e. The molecule has 2 heteroatoms. The molecule has 106 valence electrons. The van der Waals surface area contributed by atoms with Crippen LogP contribution in [0.2, 0.25) is 0 Å². The van der Waals surface area contributed by atoms with Crippen LogP contribution in [0.3, 0.4) is 0 Å². The lowest BCUT2D eigenvalue weighted by atomic mass is 9.82. The molecule has 0 amide bonds. The number of aliphatic hydroxyl groups is 1. The van der Waals surface area contributed by atoms with Crippen LogP contribution in [-0.2, 0) is 11.2 Å². The summed E-state index contributed by atoms with van der Waals surface area (Å²) in [6.45, 7) is 2.14. The quantitative estimate of drug-likeness (QED) is 0.872. The summed E-state index contributed by atoms with van der Waals surface area (Å²) in [6.07, 6.45) is 6.70. The van der Waals surface area contributed by atoms with Crippen LogP contribution in [0.15, 0.2) is 24.3 Å². The number of benzene rings is 1. The summed E-state index contributed by atoms with van der Waals surface area (Å²) in [5.41, 5.74) is 2.29. The lowest BCUT2D eigenvalue weighted by Gasteiger charge is -2.32. The summed E-state index contributed by atoms with van der Waals surface area (Å²) in [6, 6.07) is 8.29. The zero-order valence-corrected chi connectivity index (χ0v) is 12.1. The highest BCUT2D eigenvalue weighted by Crippen LogP contribution is 2.34. The maximum absolute atomic E-state index is 10.6. The van der Waals surface area contributed by atoms with Gasteiger partial charge in [-0.05, 0) is 36.3 Å². The van der Waals surface area contributed by atoms with E-state index in [1.54, 1.807) is 7.11 Å². The van der Waals surface area contributed by atoms with Gasteiger partial charge in [-0.15, -0.1) is 0 Å². The molecule has 0 heterocycles. The molecule has 1 N–H and O–H groups in total. The van der Waals surface area contributed by atoms with Crippen LogP contribution >= 0.6 is 0 Å². The first-order chi connectivity index (χ1) is 9.26. The van der Waals surface area contributed by atoms with Gasteiger partial charge in [0.2, 0.25) is 0 Å². The Labute approximate surface area is 116 Å². The molecule has 1 fully saturated rings. The lowest BCUT2D eigenvalue weighted by molar-refractivity contribution is -0.0559. The fourth-order valence-electron chi connectivity index (χ4n) is 3.18. The van der Waals surface area contributed by atoms with Gasteiger partial charge in [0.15, 0.2) is 0 Å². The highest BCUT2D eigenvalue weighted by atomic mass is 16.5. The van der Waals surface area contributed by atoms with Crippen molar-refractivity contribution in [1.29, 1.82) is 0 Å². The minimum atomic E-state index is -0.501. The molecule has 0 spiro atoms. The van der Waals surface area contributed by atoms with Gasteiger partial charge < -0.3 is 9.84 Å². The predicted molar refractivity (Wildman–Crippen MR) is 78.2 cm³/mol. The molecule has 2 nitrogen and oxygen atoms in total. The van der Waals surface area contributed by atoms with E-state index in [-0.39, 0.29) is 6.10 Å². The Morgan fingerprint density at radius 3 is 2.32 bits per heavy atom. The third kappa shape index (κ3) is 3.58. The van der Waals surface area contributed by atoms with Crippen molar-refractivity contribution in [3.05, 3.63) is 35.4 Å². The van der Waals surface area contributed by atoms with E-state index in [0.29, 0.717) is 5.92 Å². The van der Waals surface area contributed by atoms with Gasteiger partial charge >= 0.3 is 0 Å². The molecule has 0 radical (unpaired) electrons. The molecule has 0 bridgehead atoms. The third-order valence-electron chi connectivity index (χ3n) is 4.43. The number of hydrogen-bond acceptors (Lipinski definition) is 2. The number of aliphatic hydroxyl groups excluding tert-OH is 1. The van der Waals surface area contributed by atoms with E-state index in [4.69, 9.17) is 4.74 Å². The Bertz CT molecular complexity index is 365. The first-order valence-electron chi connectivity index (χ1n) is 7.56. The second-order valence-electron chi connectivity index (χ2n) is 5.64. The SMILES string of the molecule is CCc1ccc(C(O)C(OC)C2CCCCC2)cc1. The Balaban J connectivity index is 2.07. The minimum Gasteiger partial charge on any atom is -0.386 e. The molecule has 2 atom stereocenters. The van der Waals surface area contributed by atoms with Crippen LogP contribution in [0.1, 0.15) is 56.3 Å². The van der Waals surface area contributed by atoms with Crippen molar-refractivity contribution in [2.24, 2.45) is 5.92 Å². The summed E-state index contributed by atoms with van der Waals surface area (Å²) >= 11 is 0.